The van der Waals surface area contributed by atoms with Gasteiger partial charge in [-0.1, -0.05) is 0 Å². The van der Waals surface area contributed by atoms with Crippen molar-refractivity contribution in [3.05, 3.63) is 23.8 Å². The summed E-state index contributed by atoms with van der Waals surface area (Å²) in [6.07, 6.45) is 0.699. The van der Waals surface area contributed by atoms with E-state index in [-0.39, 0.29) is 0 Å². The SMILES string of the molecule is COc1[c]c(C=O)cc(OC)c1. The van der Waals surface area contributed by atoms with Gasteiger partial charge in [0.05, 0.1) is 14.2 Å². The molecule has 0 unspecified atom stereocenters. The number of hydrogen-bond acceptors (Lipinski definition) is 3. The van der Waals surface area contributed by atoms with Crippen molar-refractivity contribution < 1.29 is 14.3 Å². The van der Waals surface area contributed by atoms with Crippen molar-refractivity contribution in [3.63, 3.8) is 0 Å². The Hall–Kier alpha value is -1.51. The molecule has 3 nitrogen and oxygen atoms in total. The molecule has 3 heteroatoms. The lowest BCUT2D eigenvalue weighted by Crippen LogP contribution is -1.90. The maximum atomic E-state index is 10.4. The summed E-state index contributed by atoms with van der Waals surface area (Å²) < 4.78 is 9.85. The Balaban J connectivity index is 3.09. The highest BCUT2D eigenvalue weighted by molar-refractivity contribution is 5.76. The van der Waals surface area contributed by atoms with E-state index in [9.17, 15) is 4.79 Å². The Morgan fingerprint density at radius 3 is 2.58 bits per heavy atom. The molecule has 1 radical (unpaired) electrons. The lowest BCUT2D eigenvalue weighted by atomic mass is 10.2. The average Bonchev–Trinajstić information content (AvgIpc) is 2.16. The monoisotopic (exact) mass is 165 g/mol. The first-order chi connectivity index (χ1) is 5.80. The number of rotatable bonds is 3. The number of benzene rings is 1. The minimum Gasteiger partial charge on any atom is -0.497 e. The molecular formula is C9H9O3. The van der Waals surface area contributed by atoms with Crippen molar-refractivity contribution in [3.8, 4) is 11.5 Å². The first kappa shape index (κ1) is 8.59. The normalized spacial score (nSPS) is 9.17. The smallest absolute Gasteiger partial charge is 0.150 e. The molecule has 0 saturated carbocycles. The minimum absolute atomic E-state index is 0.422. The third-order valence-corrected chi connectivity index (χ3v) is 1.42. The summed E-state index contributed by atoms with van der Waals surface area (Å²) in [5, 5.41) is 0. The van der Waals surface area contributed by atoms with Crippen LogP contribution in [0.2, 0.25) is 0 Å². The van der Waals surface area contributed by atoms with Gasteiger partial charge in [-0.25, -0.2) is 0 Å². The number of aldehydes is 1. The van der Waals surface area contributed by atoms with Crippen molar-refractivity contribution in [2.75, 3.05) is 14.2 Å². The topological polar surface area (TPSA) is 35.5 Å². The molecule has 0 amide bonds. The van der Waals surface area contributed by atoms with Crippen LogP contribution < -0.4 is 9.47 Å². The van der Waals surface area contributed by atoms with Crippen LogP contribution in [0.3, 0.4) is 0 Å². The van der Waals surface area contributed by atoms with Gasteiger partial charge in [-0.15, -0.1) is 0 Å². The van der Waals surface area contributed by atoms with Crippen LogP contribution in [0.5, 0.6) is 11.5 Å². The zero-order valence-electron chi connectivity index (χ0n) is 6.96. The van der Waals surface area contributed by atoms with Gasteiger partial charge in [-0.2, -0.15) is 0 Å². The highest BCUT2D eigenvalue weighted by Gasteiger charge is 2.00. The number of carbonyl (C=O) groups is 1. The molecule has 0 atom stereocenters. The van der Waals surface area contributed by atoms with Crippen molar-refractivity contribution in [1.29, 1.82) is 0 Å². The predicted octanol–water partition coefficient (Wildman–Crippen LogP) is 1.32. The predicted molar refractivity (Wildman–Crippen MR) is 43.8 cm³/mol. The molecule has 0 spiro atoms. The third-order valence-electron chi connectivity index (χ3n) is 1.42. The van der Waals surface area contributed by atoms with Crippen LogP contribution >= 0.6 is 0 Å². The van der Waals surface area contributed by atoms with Crippen LogP contribution in [0, 0.1) is 6.07 Å². The summed E-state index contributed by atoms with van der Waals surface area (Å²) in [4.78, 5) is 10.4. The number of hydrogen-bond donors (Lipinski definition) is 0. The van der Waals surface area contributed by atoms with E-state index in [1.165, 1.54) is 14.2 Å². The molecule has 1 aromatic rings. The van der Waals surface area contributed by atoms with Gasteiger partial charge in [0, 0.05) is 17.7 Å². The molecule has 12 heavy (non-hydrogen) atoms. The maximum absolute atomic E-state index is 10.4. The molecule has 63 valence electrons. The van der Waals surface area contributed by atoms with E-state index in [1.807, 2.05) is 0 Å². The van der Waals surface area contributed by atoms with E-state index in [1.54, 1.807) is 12.1 Å². The molecular weight excluding hydrogens is 156 g/mol. The Morgan fingerprint density at radius 2 is 2.08 bits per heavy atom. The second-order valence-electron chi connectivity index (χ2n) is 2.16. The quantitative estimate of drug-likeness (QED) is 0.633. The summed E-state index contributed by atoms with van der Waals surface area (Å²) >= 11 is 0. The largest absolute Gasteiger partial charge is 0.497 e. The van der Waals surface area contributed by atoms with Gasteiger partial charge < -0.3 is 9.47 Å². The van der Waals surface area contributed by atoms with E-state index in [0.717, 1.165) is 0 Å². The van der Waals surface area contributed by atoms with E-state index in [4.69, 9.17) is 9.47 Å². The first-order valence-corrected chi connectivity index (χ1v) is 3.40. The van der Waals surface area contributed by atoms with Crippen LogP contribution in [0.4, 0.5) is 0 Å². The lowest BCUT2D eigenvalue weighted by molar-refractivity contribution is 0.112. The molecule has 0 N–H and O–H groups in total. The summed E-state index contributed by atoms with van der Waals surface area (Å²) in [6.45, 7) is 0. The van der Waals surface area contributed by atoms with E-state index in [2.05, 4.69) is 6.07 Å². The third kappa shape index (κ3) is 1.75. The molecule has 0 saturated heterocycles. The fourth-order valence-electron chi connectivity index (χ4n) is 0.830. The molecule has 0 aliphatic carbocycles. The maximum Gasteiger partial charge on any atom is 0.150 e. The van der Waals surface area contributed by atoms with Crippen LogP contribution in [0.1, 0.15) is 10.4 Å². The average molecular weight is 165 g/mol. The second kappa shape index (κ2) is 3.76. The highest BCUT2D eigenvalue weighted by atomic mass is 16.5. The van der Waals surface area contributed by atoms with Crippen LogP contribution in [0.25, 0.3) is 0 Å². The molecule has 0 bridgehead atoms. The van der Waals surface area contributed by atoms with Gasteiger partial charge in [0.15, 0.2) is 6.29 Å². The van der Waals surface area contributed by atoms with E-state index in [0.29, 0.717) is 23.3 Å². The van der Waals surface area contributed by atoms with Gasteiger partial charge in [-0.05, 0) is 6.07 Å². The van der Waals surface area contributed by atoms with Gasteiger partial charge in [0.25, 0.3) is 0 Å². The number of carbonyl (C=O) groups excluding carboxylic acids is 1. The van der Waals surface area contributed by atoms with E-state index >= 15 is 0 Å². The molecule has 0 fully saturated rings. The van der Waals surface area contributed by atoms with Crippen LogP contribution in [-0.2, 0) is 0 Å². The summed E-state index contributed by atoms with van der Waals surface area (Å²) in [5.74, 6) is 1.09. The summed E-state index contributed by atoms with van der Waals surface area (Å²) in [6, 6.07) is 6.00. The number of methoxy groups -OCH3 is 2. The molecule has 1 aromatic carbocycles. The van der Waals surface area contributed by atoms with Gasteiger partial charge >= 0.3 is 0 Å². The molecule has 0 aliphatic rings. The Bertz CT molecular complexity index is 259. The summed E-state index contributed by atoms with van der Waals surface area (Å²) in [5.41, 5.74) is 0.422. The first-order valence-electron chi connectivity index (χ1n) is 3.40. The van der Waals surface area contributed by atoms with E-state index < -0.39 is 0 Å². The molecule has 0 heterocycles. The molecule has 0 aliphatic heterocycles. The van der Waals surface area contributed by atoms with Gasteiger partial charge in [0.2, 0.25) is 0 Å². The van der Waals surface area contributed by atoms with Crippen LogP contribution in [0.15, 0.2) is 12.1 Å². The lowest BCUT2D eigenvalue weighted by Gasteiger charge is -2.03. The van der Waals surface area contributed by atoms with Crippen molar-refractivity contribution >= 4 is 6.29 Å². The van der Waals surface area contributed by atoms with Crippen molar-refractivity contribution in [1.82, 2.24) is 0 Å². The fourth-order valence-corrected chi connectivity index (χ4v) is 0.830. The standard InChI is InChI=1S/C9H9O3/c1-11-8-3-7(6-10)4-9(5-8)12-2/h3,5-6H,1-2H3. The molecule has 1 rings (SSSR count). The Kier molecular flexibility index (Phi) is 2.69. The van der Waals surface area contributed by atoms with Crippen molar-refractivity contribution in [2.45, 2.75) is 0 Å². The van der Waals surface area contributed by atoms with Gasteiger partial charge in [-0.3, -0.25) is 4.79 Å². The fraction of sp³-hybridized carbons (Fsp3) is 0.222. The minimum atomic E-state index is 0.422. The zero-order chi connectivity index (χ0) is 8.97. The molecule has 0 aromatic heterocycles. The summed E-state index contributed by atoms with van der Waals surface area (Å²) in [7, 11) is 3.04. The number of ether oxygens (including phenoxy) is 2. The Labute approximate surface area is 70.9 Å². The Morgan fingerprint density at radius 1 is 1.33 bits per heavy atom. The second-order valence-corrected chi connectivity index (χ2v) is 2.16. The van der Waals surface area contributed by atoms with Crippen molar-refractivity contribution in [2.24, 2.45) is 0 Å². The van der Waals surface area contributed by atoms with Crippen LogP contribution in [-0.4, -0.2) is 20.5 Å². The highest BCUT2D eigenvalue weighted by Crippen LogP contribution is 2.20. The van der Waals surface area contributed by atoms with Gasteiger partial charge in [0.1, 0.15) is 11.5 Å². The zero-order valence-corrected chi connectivity index (χ0v) is 6.96.